The lowest BCUT2D eigenvalue weighted by Gasteiger charge is -2.37. The predicted octanol–water partition coefficient (Wildman–Crippen LogP) is 7.98. The number of nitrogens with zero attached hydrogens (tertiary/aromatic N) is 1. The average molecular weight is 475 g/mol. The third-order valence-electron chi connectivity index (χ3n) is 7.14. The number of allylic oxidation sites excluding steroid dienone is 2. The number of hydrogen-bond donors (Lipinski definition) is 1. The third-order valence-corrected chi connectivity index (χ3v) is 7.14. The van der Waals surface area contributed by atoms with Gasteiger partial charge in [-0.25, -0.2) is 4.39 Å². The summed E-state index contributed by atoms with van der Waals surface area (Å²) in [5, 5.41) is 3.78. The van der Waals surface area contributed by atoms with E-state index in [0.29, 0.717) is 23.1 Å². The maximum absolute atomic E-state index is 14.0. The van der Waals surface area contributed by atoms with Crippen LogP contribution in [0.3, 0.4) is 0 Å². The van der Waals surface area contributed by atoms with Gasteiger partial charge in [0.25, 0.3) is 0 Å². The molecule has 6 rings (SSSR count). The molecule has 3 atom stereocenters. The number of ether oxygens (including phenoxy) is 1. The second kappa shape index (κ2) is 9.82. The highest BCUT2D eigenvalue weighted by atomic mass is 19.1. The second-order valence-electron chi connectivity index (χ2n) is 9.33. The molecule has 4 heteroatoms. The molecule has 0 spiro atoms. The van der Waals surface area contributed by atoms with Crippen molar-refractivity contribution >= 4 is 17.6 Å². The van der Waals surface area contributed by atoms with E-state index in [1.54, 1.807) is 18.3 Å². The monoisotopic (exact) mass is 474 g/mol. The van der Waals surface area contributed by atoms with Crippen LogP contribution in [0.15, 0.2) is 114 Å². The number of anilines is 1. The first-order valence-corrected chi connectivity index (χ1v) is 12.4. The van der Waals surface area contributed by atoms with Gasteiger partial charge in [-0.3, -0.25) is 4.99 Å². The maximum atomic E-state index is 14.0. The Kier molecular flexibility index (Phi) is 6.08. The largest absolute Gasteiger partial charge is 0.488 e. The van der Waals surface area contributed by atoms with Crippen molar-refractivity contribution in [2.75, 3.05) is 5.32 Å². The van der Waals surface area contributed by atoms with E-state index in [1.807, 2.05) is 30.3 Å². The maximum Gasteiger partial charge on any atom is 0.129 e. The first-order valence-electron chi connectivity index (χ1n) is 12.4. The molecule has 178 valence electrons. The van der Waals surface area contributed by atoms with Gasteiger partial charge in [0.15, 0.2) is 0 Å². The first-order chi connectivity index (χ1) is 17.8. The van der Waals surface area contributed by atoms with E-state index >= 15 is 0 Å². The van der Waals surface area contributed by atoms with Gasteiger partial charge in [-0.05, 0) is 59.9 Å². The Bertz CT molecular complexity index is 1430. The van der Waals surface area contributed by atoms with E-state index in [-0.39, 0.29) is 18.5 Å². The van der Waals surface area contributed by atoms with Gasteiger partial charge in [0.2, 0.25) is 0 Å². The number of aliphatic imine (C=N–C) groups is 1. The van der Waals surface area contributed by atoms with Gasteiger partial charge in [0, 0.05) is 28.9 Å². The molecule has 4 aromatic carbocycles. The molecule has 0 amide bonds. The highest BCUT2D eigenvalue weighted by Crippen LogP contribution is 2.49. The van der Waals surface area contributed by atoms with E-state index in [4.69, 9.17) is 4.74 Å². The van der Waals surface area contributed by atoms with Crippen LogP contribution in [0.2, 0.25) is 0 Å². The number of benzene rings is 4. The first kappa shape index (κ1) is 22.3. The van der Waals surface area contributed by atoms with Crippen LogP contribution in [-0.2, 0) is 6.61 Å². The molecular weight excluding hydrogens is 447 g/mol. The highest BCUT2D eigenvalue weighted by molar-refractivity contribution is 5.85. The van der Waals surface area contributed by atoms with Crippen LogP contribution in [0.1, 0.15) is 40.6 Å². The number of fused-ring (bicyclic) bond motifs is 3. The zero-order valence-corrected chi connectivity index (χ0v) is 19.8. The molecule has 4 aromatic rings. The quantitative estimate of drug-likeness (QED) is 0.227. The van der Waals surface area contributed by atoms with Crippen molar-refractivity contribution in [2.45, 2.75) is 25.0 Å². The summed E-state index contributed by atoms with van der Waals surface area (Å²) in [6.07, 6.45) is 7.57. The Morgan fingerprint density at radius 3 is 2.56 bits per heavy atom. The van der Waals surface area contributed by atoms with E-state index in [1.165, 1.54) is 22.9 Å². The molecule has 0 fully saturated rings. The minimum atomic E-state index is -0.264. The summed E-state index contributed by atoms with van der Waals surface area (Å²) in [6, 6.07) is 31.7. The summed E-state index contributed by atoms with van der Waals surface area (Å²) in [6.45, 7) is 0.167. The van der Waals surface area contributed by atoms with E-state index in [2.05, 4.69) is 71.0 Å². The molecule has 36 heavy (non-hydrogen) atoms. The molecular formula is C32H27FN2O. The molecule has 0 bridgehead atoms. The molecule has 0 saturated heterocycles. The lowest BCUT2D eigenvalue weighted by molar-refractivity contribution is 0.299. The minimum absolute atomic E-state index is 0.167. The zero-order valence-electron chi connectivity index (χ0n) is 19.8. The summed E-state index contributed by atoms with van der Waals surface area (Å²) in [5.41, 5.74) is 6.14. The van der Waals surface area contributed by atoms with Crippen LogP contribution in [0.5, 0.6) is 5.75 Å². The predicted molar refractivity (Wildman–Crippen MR) is 144 cm³/mol. The Morgan fingerprint density at radius 1 is 0.889 bits per heavy atom. The van der Waals surface area contributed by atoms with Crippen LogP contribution >= 0.6 is 0 Å². The number of hydrogen-bond acceptors (Lipinski definition) is 3. The van der Waals surface area contributed by atoms with Gasteiger partial charge in [0.05, 0.1) is 11.7 Å². The number of halogens is 1. The summed E-state index contributed by atoms with van der Waals surface area (Å²) in [7, 11) is 0. The second-order valence-corrected chi connectivity index (χ2v) is 9.33. The summed E-state index contributed by atoms with van der Waals surface area (Å²) in [5.74, 6) is 1.39. The fourth-order valence-corrected chi connectivity index (χ4v) is 5.27. The fourth-order valence-electron chi connectivity index (χ4n) is 5.27. The fraction of sp³-hybridized carbons (Fsp3) is 0.156. The number of rotatable bonds is 6. The molecule has 2 aliphatic rings. The Hall–Kier alpha value is -4.18. The lowest BCUT2D eigenvalue weighted by Crippen LogP contribution is -2.28. The van der Waals surface area contributed by atoms with Crippen LogP contribution in [-0.4, -0.2) is 6.21 Å². The van der Waals surface area contributed by atoms with Crippen LogP contribution < -0.4 is 10.1 Å². The van der Waals surface area contributed by atoms with Crippen LogP contribution in [0, 0.1) is 11.7 Å². The van der Waals surface area contributed by atoms with Crippen molar-refractivity contribution < 1.29 is 9.13 Å². The summed E-state index contributed by atoms with van der Waals surface area (Å²) in [4.78, 5) is 4.69. The Balaban J connectivity index is 1.18. The smallest absolute Gasteiger partial charge is 0.129 e. The topological polar surface area (TPSA) is 33.6 Å². The standard InChI is InChI=1S/C32H27FN2O/c33-29-13-4-1-9-24(29)21-36-31-15-6-2-8-23(31)20-34-25-18-16-22(17-19-25)32-28-12-7-11-26(28)27-10-3-5-14-30(27)35-32/h1-11,13-20,26,28,32,35H,12,21H2/t26-,28-,32+/m1/s1. The molecule has 0 radical (unpaired) electrons. The molecule has 3 nitrogen and oxygen atoms in total. The minimum Gasteiger partial charge on any atom is -0.488 e. The summed E-state index contributed by atoms with van der Waals surface area (Å²) >= 11 is 0. The third kappa shape index (κ3) is 4.42. The molecule has 1 heterocycles. The molecule has 0 saturated carbocycles. The van der Waals surface area contributed by atoms with Crippen molar-refractivity contribution in [1.29, 1.82) is 0 Å². The van der Waals surface area contributed by atoms with Crippen molar-refractivity contribution in [3.8, 4) is 5.75 Å². The molecule has 0 aromatic heterocycles. The molecule has 1 N–H and O–H groups in total. The van der Waals surface area contributed by atoms with Gasteiger partial charge in [-0.1, -0.05) is 72.8 Å². The van der Waals surface area contributed by atoms with Crippen LogP contribution in [0.25, 0.3) is 0 Å². The average Bonchev–Trinajstić information content (AvgIpc) is 3.42. The van der Waals surface area contributed by atoms with Gasteiger partial charge in [-0.2, -0.15) is 0 Å². The van der Waals surface area contributed by atoms with E-state index in [0.717, 1.165) is 17.7 Å². The summed E-state index contributed by atoms with van der Waals surface area (Å²) < 4.78 is 19.9. The number of para-hydroxylation sites is 2. The van der Waals surface area contributed by atoms with Gasteiger partial charge in [0.1, 0.15) is 18.2 Å². The zero-order chi connectivity index (χ0) is 24.3. The molecule has 1 aliphatic heterocycles. The Morgan fingerprint density at radius 2 is 1.67 bits per heavy atom. The van der Waals surface area contributed by atoms with Crippen molar-refractivity contribution in [3.63, 3.8) is 0 Å². The van der Waals surface area contributed by atoms with Crippen molar-refractivity contribution in [3.05, 3.63) is 137 Å². The lowest BCUT2D eigenvalue weighted by atomic mass is 9.77. The van der Waals surface area contributed by atoms with Crippen molar-refractivity contribution in [1.82, 2.24) is 0 Å². The SMILES string of the molecule is Fc1ccccc1COc1ccccc1C=Nc1ccc([C@@H]2Nc3ccccc3[C@H]3C=CC[C@H]32)cc1. The van der Waals surface area contributed by atoms with E-state index in [9.17, 15) is 4.39 Å². The Labute approximate surface area is 211 Å². The van der Waals surface area contributed by atoms with Crippen LogP contribution in [0.4, 0.5) is 15.8 Å². The normalized spacial score (nSPS) is 20.1. The van der Waals surface area contributed by atoms with Crippen molar-refractivity contribution in [2.24, 2.45) is 10.9 Å². The highest BCUT2D eigenvalue weighted by Gasteiger charge is 2.37. The number of nitrogens with one attached hydrogen (secondary N) is 1. The van der Waals surface area contributed by atoms with Gasteiger partial charge < -0.3 is 10.1 Å². The van der Waals surface area contributed by atoms with Gasteiger partial charge >= 0.3 is 0 Å². The molecule has 1 aliphatic carbocycles. The van der Waals surface area contributed by atoms with Gasteiger partial charge in [-0.15, -0.1) is 0 Å². The van der Waals surface area contributed by atoms with E-state index < -0.39 is 0 Å². The molecule has 0 unspecified atom stereocenters.